The largest absolute Gasteiger partial charge is 0.378 e. The SMILES string of the molecule is O=C(Cc1ccccc1Cl)NCCOCCn1ccnc1. The number of amides is 1. The molecule has 0 fully saturated rings. The number of ether oxygens (including phenoxy) is 1. The number of imidazole rings is 1. The number of rotatable bonds is 8. The van der Waals surface area contributed by atoms with Crippen molar-refractivity contribution in [1.82, 2.24) is 14.9 Å². The van der Waals surface area contributed by atoms with Crippen LogP contribution < -0.4 is 5.32 Å². The van der Waals surface area contributed by atoms with Crippen molar-refractivity contribution in [1.29, 1.82) is 0 Å². The van der Waals surface area contributed by atoms with Crippen LogP contribution in [0.3, 0.4) is 0 Å². The first kappa shape index (κ1) is 15.5. The maximum absolute atomic E-state index is 11.7. The van der Waals surface area contributed by atoms with Crippen LogP contribution in [0.4, 0.5) is 0 Å². The third kappa shape index (κ3) is 5.57. The van der Waals surface area contributed by atoms with Crippen molar-refractivity contribution >= 4 is 17.5 Å². The third-order valence-electron chi connectivity index (χ3n) is 2.93. The van der Waals surface area contributed by atoms with E-state index in [0.29, 0.717) is 24.8 Å². The zero-order valence-corrected chi connectivity index (χ0v) is 12.4. The Hall–Kier alpha value is -1.85. The molecule has 1 amide bonds. The van der Waals surface area contributed by atoms with Gasteiger partial charge in [-0.15, -0.1) is 0 Å². The average Bonchev–Trinajstić information content (AvgIpc) is 2.98. The summed E-state index contributed by atoms with van der Waals surface area (Å²) in [7, 11) is 0. The van der Waals surface area contributed by atoms with E-state index in [2.05, 4.69) is 10.3 Å². The molecule has 1 N–H and O–H groups in total. The van der Waals surface area contributed by atoms with Gasteiger partial charge in [-0.25, -0.2) is 4.98 Å². The van der Waals surface area contributed by atoms with Crippen LogP contribution in [-0.2, 0) is 22.5 Å². The molecule has 6 heteroatoms. The molecule has 0 atom stereocenters. The molecule has 1 aromatic heterocycles. The highest BCUT2D eigenvalue weighted by atomic mass is 35.5. The van der Waals surface area contributed by atoms with Crippen LogP contribution in [0.1, 0.15) is 5.56 Å². The smallest absolute Gasteiger partial charge is 0.224 e. The van der Waals surface area contributed by atoms with Crippen LogP contribution in [0.2, 0.25) is 5.02 Å². The quantitative estimate of drug-likeness (QED) is 0.758. The lowest BCUT2D eigenvalue weighted by atomic mass is 10.1. The van der Waals surface area contributed by atoms with Gasteiger partial charge in [-0.3, -0.25) is 4.79 Å². The second-order valence-corrected chi connectivity index (χ2v) is 4.94. The van der Waals surface area contributed by atoms with Crippen LogP contribution >= 0.6 is 11.6 Å². The van der Waals surface area contributed by atoms with E-state index in [1.807, 2.05) is 29.0 Å². The molecule has 0 saturated carbocycles. The molecule has 0 aliphatic rings. The van der Waals surface area contributed by atoms with Crippen LogP contribution in [0.15, 0.2) is 43.0 Å². The fraction of sp³-hybridized carbons (Fsp3) is 0.333. The molecule has 0 aliphatic carbocycles. The monoisotopic (exact) mass is 307 g/mol. The van der Waals surface area contributed by atoms with E-state index in [9.17, 15) is 4.79 Å². The average molecular weight is 308 g/mol. The first-order chi connectivity index (χ1) is 10.3. The number of benzene rings is 1. The number of nitrogens with zero attached hydrogens (tertiary/aromatic N) is 2. The topological polar surface area (TPSA) is 56.1 Å². The summed E-state index contributed by atoms with van der Waals surface area (Å²) in [4.78, 5) is 15.7. The number of halogens is 1. The molecule has 0 aliphatic heterocycles. The molecule has 0 bridgehead atoms. The molecule has 0 saturated heterocycles. The van der Waals surface area contributed by atoms with E-state index in [0.717, 1.165) is 12.1 Å². The highest BCUT2D eigenvalue weighted by molar-refractivity contribution is 6.31. The fourth-order valence-electron chi connectivity index (χ4n) is 1.83. The van der Waals surface area contributed by atoms with E-state index in [4.69, 9.17) is 16.3 Å². The van der Waals surface area contributed by atoms with E-state index in [1.54, 1.807) is 18.6 Å². The second-order valence-electron chi connectivity index (χ2n) is 4.53. The fourth-order valence-corrected chi connectivity index (χ4v) is 2.03. The molecule has 112 valence electrons. The standard InChI is InChI=1S/C15H18ClN3O2/c16-14-4-2-1-3-13(14)11-15(20)18-6-9-21-10-8-19-7-5-17-12-19/h1-5,7,12H,6,8-11H2,(H,18,20). The van der Waals surface area contributed by atoms with Crippen LogP contribution in [0.5, 0.6) is 0 Å². The van der Waals surface area contributed by atoms with Gasteiger partial charge in [0.2, 0.25) is 5.91 Å². The minimum absolute atomic E-state index is 0.0543. The number of hydrogen-bond donors (Lipinski definition) is 1. The summed E-state index contributed by atoms with van der Waals surface area (Å²) < 4.78 is 7.38. The van der Waals surface area contributed by atoms with Gasteiger partial charge < -0.3 is 14.6 Å². The van der Waals surface area contributed by atoms with Crippen LogP contribution in [-0.4, -0.2) is 35.2 Å². The Bertz CT molecular complexity index is 558. The number of hydrogen-bond acceptors (Lipinski definition) is 3. The Morgan fingerprint density at radius 1 is 1.33 bits per heavy atom. The molecule has 1 heterocycles. The van der Waals surface area contributed by atoms with Crippen LogP contribution in [0.25, 0.3) is 0 Å². The summed E-state index contributed by atoms with van der Waals surface area (Å²) in [6.45, 7) is 2.33. The molecule has 21 heavy (non-hydrogen) atoms. The van der Waals surface area contributed by atoms with Gasteiger partial charge in [0, 0.05) is 30.5 Å². The molecule has 5 nitrogen and oxygen atoms in total. The first-order valence-corrected chi connectivity index (χ1v) is 7.17. The molecular weight excluding hydrogens is 290 g/mol. The Balaban J connectivity index is 1.56. The lowest BCUT2D eigenvalue weighted by Gasteiger charge is -2.07. The molecule has 1 aromatic carbocycles. The number of carbonyl (C=O) groups excluding carboxylic acids is 1. The van der Waals surface area contributed by atoms with Crippen molar-refractivity contribution in [3.05, 3.63) is 53.6 Å². The van der Waals surface area contributed by atoms with E-state index in [1.165, 1.54) is 0 Å². The Labute approximate surface area is 128 Å². The maximum Gasteiger partial charge on any atom is 0.224 e. The van der Waals surface area contributed by atoms with Gasteiger partial charge >= 0.3 is 0 Å². The predicted octanol–water partition coefficient (Wildman–Crippen LogP) is 1.91. The summed E-state index contributed by atoms with van der Waals surface area (Å²) in [5, 5.41) is 3.43. The van der Waals surface area contributed by atoms with Crippen molar-refractivity contribution in [2.75, 3.05) is 19.8 Å². The Morgan fingerprint density at radius 3 is 2.95 bits per heavy atom. The Kier molecular flexibility index (Phi) is 6.24. The van der Waals surface area contributed by atoms with Crippen molar-refractivity contribution in [3.8, 4) is 0 Å². The first-order valence-electron chi connectivity index (χ1n) is 6.79. The lowest BCUT2D eigenvalue weighted by Crippen LogP contribution is -2.29. The molecular formula is C15H18ClN3O2. The summed E-state index contributed by atoms with van der Waals surface area (Å²) in [6.07, 6.45) is 5.65. The molecule has 0 radical (unpaired) electrons. The van der Waals surface area contributed by atoms with Crippen molar-refractivity contribution in [2.45, 2.75) is 13.0 Å². The molecule has 2 rings (SSSR count). The van der Waals surface area contributed by atoms with Gasteiger partial charge in [-0.1, -0.05) is 29.8 Å². The summed E-state index contributed by atoms with van der Waals surface area (Å²) in [5.41, 5.74) is 0.831. The van der Waals surface area contributed by atoms with Gasteiger partial charge in [-0.2, -0.15) is 0 Å². The number of nitrogens with one attached hydrogen (secondary N) is 1. The van der Waals surface area contributed by atoms with Crippen LogP contribution in [0, 0.1) is 0 Å². The van der Waals surface area contributed by atoms with E-state index in [-0.39, 0.29) is 12.3 Å². The second kappa shape index (κ2) is 8.44. The minimum atomic E-state index is -0.0543. The van der Waals surface area contributed by atoms with Gasteiger partial charge in [0.15, 0.2) is 0 Å². The lowest BCUT2D eigenvalue weighted by molar-refractivity contribution is -0.120. The molecule has 0 unspecified atom stereocenters. The number of aromatic nitrogens is 2. The zero-order valence-electron chi connectivity index (χ0n) is 11.7. The summed E-state index contributed by atoms with van der Waals surface area (Å²) >= 11 is 6.01. The van der Waals surface area contributed by atoms with Crippen molar-refractivity contribution in [3.63, 3.8) is 0 Å². The van der Waals surface area contributed by atoms with Crippen molar-refractivity contribution < 1.29 is 9.53 Å². The summed E-state index contributed by atoms with van der Waals surface area (Å²) in [5.74, 6) is -0.0543. The van der Waals surface area contributed by atoms with Gasteiger partial charge in [0.1, 0.15) is 0 Å². The summed E-state index contributed by atoms with van der Waals surface area (Å²) in [6, 6.07) is 7.35. The normalized spacial score (nSPS) is 10.5. The maximum atomic E-state index is 11.7. The van der Waals surface area contributed by atoms with Gasteiger partial charge in [0.05, 0.1) is 26.0 Å². The molecule has 2 aromatic rings. The third-order valence-corrected chi connectivity index (χ3v) is 3.30. The van der Waals surface area contributed by atoms with Gasteiger partial charge in [0.25, 0.3) is 0 Å². The predicted molar refractivity (Wildman–Crippen MR) is 81.2 cm³/mol. The van der Waals surface area contributed by atoms with E-state index < -0.39 is 0 Å². The van der Waals surface area contributed by atoms with E-state index >= 15 is 0 Å². The highest BCUT2D eigenvalue weighted by Crippen LogP contribution is 2.14. The number of carbonyl (C=O) groups is 1. The Morgan fingerprint density at radius 2 is 2.19 bits per heavy atom. The zero-order chi connectivity index (χ0) is 14.9. The molecule has 0 spiro atoms. The van der Waals surface area contributed by atoms with Crippen molar-refractivity contribution in [2.24, 2.45) is 0 Å². The minimum Gasteiger partial charge on any atom is -0.378 e. The van der Waals surface area contributed by atoms with Gasteiger partial charge in [-0.05, 0) is 11.6 Å². The highest BCUT2D eigenvalue weighted by Gasteiger charge is 2.05.